The van der Waals surface area contributed by atoms with Crippen LogP contribution in [0.1, 0.15) is 40.9 Å². The molecule has 38 heavy (non-hydrogen) atoms. The molecule has 1 aliphatic heterocycles. The number of carbonyl (C=O) groups is 2. The van der Waals surface area contributed by atoms with Gasteiger partial charge in [0.25, 0.3) is 5.91 Å². The Morgan fingerprint density at radius 3 is 2.42 bits per heavy atom. The lowest BCUT2D eigenvalue weighted by molar-refractivity contribution is -0.122. The van der Waals surface area contributed by atoms with Gasteiger partial charge in [-0.1, -0.05) is 29.8 Å². The summed E-state index contributed by atoms with van der Waals surface area (Å²) in [5.41, 5.74) is 3.84. The number of thioether (sulfide) groups is 1. The molecule has 1 aliphatic rings. The van der Waals surface area contributed by atoms with E-state index in [1.54, 1.807) is 17.0 Å². The van der Waals surface area contributed by atoms with Crippen LogP contribution < -0.4 is 9.47 Å². The number of halogens is 1. The van der Waals surface area contributed by atoms with Gasteiger partial charge in [0, 0.05) is 6.54 Å². The Bertz CT molecular complexity index is 1400. The van der Waals surface area contributed by atoms with Crippen LogP contribution in [0.2, 0.25) is 0 Å². The Kier molecular flexibility index (Phi) is 9.11. The number of benzene rings is 3. The predicted octanol–water partition coefficient (Wildman–Crippen LogP) is 6.90. The zero-order valence-electron chi connectivity index (χ0n) is 21.2. The lowest BCUT2D eigenvalue weighted by atomic mass is 10.1. The van der Waals surface area contributed by atoms with Gasteiger partial charge >= 0.3 is 5.97 Å². The lowest BCUT2D eigenvalue weighted by Gasteiger charge is -2.15. The summed E-state index contributed by atoms with van der Waals surface area (Å²) in [5.74, 6) is 0.158. The fourth-order valence-electron chi connectivity index (χ4n) is 3.72. The van der Waals surface area contributed by atoms with E-state index in [4.69, 9.17) is 14.6 Å². The highest BCUT2D eigenvalue weighted by Gasteiger charge is 2.32. The van der Waals surface area contributed by atoms with Gasteiger partial charge in [0.2, 0.25) is 0 Å². The highest BCUT2D eigenvalue weighted by Crippen LogP contribution is 2.38. The fourth-order valence-corrected chi connectivity index (χ4v) is 5.57. The SMILES string of the molecule is CCOc1cc(C=C2SC(=Nc3ccc(C(=O)O)cc3)N(CC)C2=O)cc(I)c1OCc1ccc(C)cc1. The van der Waals surface area contributed by atoms with E-state index in [0.717, 1.165) is 14.7 Å². The molecule has 3 aromatic rings. The van der Waals surface area contributed by atoms with E-state index in [-0.39, 0.29) is 11.5 Å². The first-order chi connectivity index (χ1) is 18.3. The molecular weight excluding hydrogens is 615 g/mol. The number of amides is 1. The molecule has 0 radical (unpaired) electrons. The summed E-state index contributed by atoms with van der Waals surface area (Å²) in [5, 5.41) is 9.66. The predicted molar refractivity (Wildman–Crippen MR) is 159 cm³/mol. The molecule has 0 aliphatic carbocycles. The molecule has 7 nitrogen and oxygen atoms in total. The Labute approximate surface area is 239 Å². The molecular formula is C29H27IN2O5S. The minimum atomic E-state index is -0.998. The number of rotatable bonds is 9. The second-order valence-corrected chi connectivity index (χ2v) is 10.6. The van der Waals surface area contributed by atoms with Gasteiger partial charge in [-0.25, -0.2) is 9.79 Å². The van der Waals surface area contributed by atoms with Crippen molar-refractivity contribution in [3.63, 3.8) is 0 Å². The first-order valence-electron chi connectivity index (χ1n) is 12.1. The zero-order valence-corrected chi connectivity index (χ0v) is 24.2. The molecule has 1 N–H and O–H groups in total. The molecule has 0 bridgehead atoms. The monoisotopic (exact) mass is 642 g/mol. The van der Waals surface area contributed by atoms with Crippen LogP contribution in [0.4, 0.5) is 5.69 Å². The molecule has 1 fully saturated rings. The number of hydrogen-bond donors (Lipinski definition) is 1. The van der Waals surface area contributed by atoms with Gasteiger partial charge in [0.05, 0.1) is 26.3 Å². The van der Waals surface area contributed by atoms with Crippen LogP contribution in [0.5, 0.6) is 11.5 Å². The number of ether oxygens (including phenoxy) is 2. The Hall–Kier alpha value is -3.31. The van der Waals surface area contributed by atoms with Crippen molar-refractivity contribution in [2.45, 2.75) is 27.4 Å². The van der Waals surface area contributed by atoms with E-state index >= 15 is 0 Å². The van der Waals surface area contributed by atoms with Crippen molar-refractivity contribution in [2.75, 3.05) is 13.2 Å². The summed E-state index contributed by atoms with van der Waals surface area (Å²) in [6.07, 6.45) is 1.83. The molecule has 0 atom stereocenters. The van der Waals surface area contributed by atoms with Crippen molar-refractivity contribution in [1.82, 2.24) is 4.90 Å². The summed E-state index contributed by atoms with van der Waals surface area (Å²) in [7, 11) is 0. The number of aryl methyl sites for hydroxylation is 1. The van der Waals surface area contributed by atoms with Crippen LogP contribution in [0.15, 0.2) is 70.6 Å². The topological polar surface area (TPSA) is 88.4 Å². The molecule has 0 saturated carbocycles. The summed E-state index contributed by atoms with van der Waals surface area (Å²) in [6, 6.07) is 18.3. The highest BCUT2D eigenvalue weighted by atomic mass is 127. The van der Waals surface area contributed by atoms with Gasteiger partial charge in [0.15, 0.2) is 16.7 Å². The zero-order chi connectivity index (χ0) is 27.2. The molecule has 0 aromatic heterocycles. The second kappa shape index (κ2) is 12.5. The number of amidine groups is 1. The molecule has 0 spiro atoms. The number of hydrogen-bond acceptors (Lipinski definition) is 6. The van der Waals surface area contributed by atoms with Crippen molar-refractivity contribution in [1.29, 1.82) is 0 Å². The van der Waals surface area contributed by atoms with Gasteiger partial charge in [-0.3, -0.25) is 9.69 Å². The highest BCUT2D eigenvalue weighted by molar-refractivity contribution is 14.1. The van der Waals surface area contributed by atoms with Crippen LogP contribution >= 0.6 is 34.4 Å². The third-order valence-electron chi connectivity index (χ3n) is 5.68. The van der Waals surface area contributed by atoms with Gasteiger partial charge < -0.3 is 14.6 Å². The normalized spacial score (nSPS) is 15.4. The Morgan fingerprint density at radius 2 is 1.79 bits per heavy atom. The van der Waals surface area contributed by atoms with Crippen molar-refractivity contribution in [3.05, 3.63) is 91.4 Å². The minimum Gasteiger partial charge on any atom is -0.490 e. The van der Waals surface area contributed by atoms with Crippen LogP contribution in [-0.2, 0) is 11.4 Å². The average Bonchev–Trinajstić information content (AvgIpc) is 3.18. The third-order valence-corrected chi connectivity index (χ3v) is 7.48. The first-order valence-corrected chi connectivity index (χ1v) is 14.0. The molecule has 9 heteroatoms. The van der Waals surface area contributed by atoms with Crippen molar-refractivity contribution in [3.8, 4) is 11.5 Å². The molecule has 3 aromatic carbocycles. The Balaban J connectivity index is 1.59. The number of nitrogens with zero attached hydrogens (tertiary/aromatic N) is 2. The Morgan fingerprint density at radius 1 is 1.08 bits per heavy atom. The molecule has 0 unspecified atom stereocenters. The number of carboxylic acids is 1. The van der Waals surface area contributed by atoms with Crippen molar-refractivity contribution in [2.24, 2.45) is 4.99 Å². The summed E-state index contributed by atoms with van der Waals surface area (Å²) in [6.45, 7) is 7.22. The van der Waals surface area contributed by atoms with Crippen LogP contribution in [0.25, 0.3) is 6.08 Å². The molecule has 1 amide bonds. The summed E-state index contributed by atoms with van der Waals surface area (Å²) >= 11 is 3.51. The average molecular weight is 643 g/mol. The molecule has 1 saturated heterocycles. The van der Waals surface area contributed by atoms with E-state index < -0.39 is 5.97 Å². The molecule has 4 rings (SSSR count). The van der Waals surface area contributed by atoms with E-state index in [2.05, 4.69) is 46.6 Å². The lowest BCUT2D eigenvalue weighted by Crippen LogP contribution is -2.28. The second-order valence-electron chi connectivity index (χ2n) is 8.44. The molecule has 1 heterocycles. The summed E-state index contributed by atoms with van der Waals surface area (Å²) < 4.78 is 12.9. The summed E-state index contributed by atoms with van der Waals surface area (Å²) in [4.78, 5) is 31.0. The van der Waals surface area contributed by atoms with Gasteiger partial charge in [-0.15, -0.1) is 0 Å². The van der Waals surface area contributed by atoms with Gasteiger partial charge in [-0.2, -0.15) is 0 Å². The number of aliphatic imine (C=N–C) groups is 1. The maximum atomic E-state index is 13.2. The maximum absolute atomic E-state index is 13.2. The number of aromatic carboxylic acids is 1. The smallest absolute Gasteiger partial charge is 0.335 e. The quantitative estimate of drug-likeness (QED) is 0.202. The number of likely N-dealkylation sites (N-methyl/N-ethyl adjacent to an activating group) is 1. The van der Waals surface area contributed by atoms with Gasteiger partial charge in [0.1, 0.15) is 6.61 Å². The number of carboxylic acid groups (broad SMARTS) is 1. The van der Waals surface area contributed by atoms with Gasteiger partial charge in [-0.05, 0) is 109 Å². The van der Waals surface area contributed by atoms with Crippen LogP contribution in [-0.4, -0.2) is 40.2 Å². The van der Waals surface area contributed by atoms with Crippen LogP contribution in [0.3, 0.4) is 0 Å². The van der Waals surface area contributed by atoms with E-state index in [1.165, 1.54) is 29.5 Å². The minimum absolute atomic E-state index is 0.133. The van der Waals surface area contributed by atoms with Crippen molar-refractivity contribution < 1.29 is 24.2 Å². The van der Waals surface area contributed by atoms with E-state index in [0.29, 0.717) is 47.0 Å². The fraction of sp³-hybridized carbons (Fsp3) is 0.207. The molecule has 196 valence electrons. The van der Waals surface area contributed by atoms with E-state index in [9.17, 15) is 9.59 Å². The standard InChI is InChI=1S/C29H27IN2O5S/c1-4-32-27(33)25(38-29(32)31-22-12-10-21(11-13-22)28(34)35)16-20-14-23(30)26(24(15-20)36-5-2)37-17-19-8-6-18(3)7-9-19/h6-16H,4-5,17H2,1-3H3,(H,34,35). The maximum Gasteiger partial charge on any atom is 0.335 e. The van der Waals surface area contributed by atoms with E-state index in [1.807, 2.05) is 44.2 Å². The van der Waals surface area contributed by atoms with Crippen LogP contribution in [0, 0.1) is 10.5 Å². The van der Waals surface area contributed by atoms with Crippen molar-refractivity contribution >= 4 is 63.2 Å². The number of carbonyl (C=O) groups excluding carboxylic acids is 1. The third kappa shape index (κ3) is 6.57. The first kappa shape index (κ1) is 27.7. The largest absolute Gasteiger partial charge is 0.490 e.